The van der Waals surface area contributed by atoms with Crippen molar-refractivity contribution in [3.63, 3.8) is 0 Å². The van der Waals surface area contributed by atoms with Crippen LogP contribution in [0.4, 0.5) is 0 Å². The van der Waals surface area contributed by atoms with Crippen molar-refractivity contribution >= 4 is 21.6 Å². The van der Waals surface area contributed by atoms with Gasteiger partial charge >= 0.3 is 0 Å². The predicted octanol–water partition coefficient (Wildman–Crippen LogP) is -0.195. The number of fused-ring (bicyclic) bond motifs is 1. The Morgan fingerprint density at radius 3 is 2.67 bits per heavy atom. The van der Waals surface area contributed by atoms with Gasteiger partial charge in [-0.25, -0.2) is 8.42 Å². The van der Waals surface area contributed by atoms with Gasteiger partial charge in [-0.2, -0.15) is 0 Å². The molecule has 3 N–H and O–H groups in total. The lowest BCUT2D eigenvalue weighted by Crippen LogP contribution is -2.16. The normalized spacial score (nSPS) is 19.6. The molecule has 0 saturated heterocycles. The highest BCUT2D eigenvalue weighted by molar-refractivity contribution is 7.90. The quantitative estimate of drug-likeness (QED) is 0.647. The molecular weight excluding hydrogens is 216 g/mol. The number of primary amides is 1. The minimum absolute atomic E-state index is 0.164. The van der Waals surface area contributed by atoms with E-state index in [1.165, 1.54) is 6.07 Å². The van der Waals surface area contributed by atoms with Crippen LogP contribution in [0.25, 0.3) is 5.70 Å². The highest BCUT2D eigenvalue weighted by atomic mass is 32.2. The second-order valence-corrected chi connectivity index (χ2v) is 4.71. The lowest BCUT2D eigenvalue weighted by Gasteiger charge is -1.95. The van der Waals surface area contributed by atoms with Gasteiger partial charge in [0.2, 0.25) is 5.91 Å². The van der Waals surface area contributed by atoms with Crippen molar-refractivity contribution in [3.05, 3.63) is 35.9 Å². The standard InChI is InChI=1S/C9H8N2O3S/c10-9(12)5-7-6-3-1-2-4-8(6)15(13,14)11-7/h1-5,11H,(H2,10,12). The van der Waals surface area contributed by atoms with Crippen LogP contribution in [-0.4, -0.2) is 14.3 Å². The Bertz CT molecular complexity index is 560. The largest absolute Gasteiger partial charge is 0.366 e. The molecule has 0 spiro atoms. The van der Waals surface area contributed by atoms with E-state index in [0.29, 0.717) is 5.56 Å². The van der Waals surface area contributed by atoms with Crippen molar-refractivity contribution in [2.45, 2.75) is 4.90 Å². The summed E-state index contributed by atoms with van der Waals surface area (Å²) in [4.78, 5) is 10.9. The van der Waals surface area contributed by atoms with Crippen LogP contribution in [0.5, 0.6) is 0 Å². The number of nitrogens with two attached hydrogens (primary N) is 1. The first-order valence-corrected chi connectivity index (χ1v) is 5.62. The Morgan fingerprint density at radius 2 is 2.00 bits per heavy atom. The van der Waals surface area contributed by atoms with E-state index in [9.17, 15) is 13.2 Å². The molecule has 0 aromatic heterocycles. The summed E-state index contributed by atoms with van der Waals surface area (Å²) < 4.78 is 25.3. The van der Waals surface area contributed by atoms with Gasteiger partial charge in [0.15, 0.2) is 0 Å². The summed E-state index contributed by atoms with van der Waals surface area (Å²) in [7, 11) is -3.53. The van der Waals surface area contributed by atoms with Crippen molar-refractivity contribution < 1.29 is 13.2 Å². The van der Waals surface area contributed by atoms with E-state index in [1.54, 1.807) is 18.2 Å². The van der Waals surface area contributed by atoms with Gasteiger partial charge < -0.3 is 5.73 Å². The first kappa shape index (κ1) is 9.72. The average Bonchev–Trinajstić information content (AvgIpc) is 2.39. The minimum Gasteiger partial charge on any atom is -0.366 e. The Morgan fingerprint density at radius 1 is 1.33 bits per heavy atom. The van der Waals surface area contributed by atoms with Gasteiger partial charge in [0.25, 0.3) is 10.0 Å². The molecule has 0 radical (unpaired) electrons. The third-order valence-corrected chi connectivity index (χ3v) is 3.42. The molecule has 5 nitrogen and oxygen atoms in total. The molecule has 0 atom stereocenters. The second-order valence-electron chi connectivity index (χ2n) is 3.06. The van der Waals surface area contributed by atoms with Gasteiger partial charge in [0.05, 0.1) is 10.6 Å². The van der Waals surface area contributed by atoms with E-state index in [-0.39, 0.29) is 10.6 Å². The van der Waals surface area contributed by atoms with Crippen LogP contribution in [0.2, 0.25) is 0 Å². The molecule has 0 saturated carbocycles. The monoisotopic (exact) mass is 224 g/mol. The molecule has 15 heavy (non-hydrogen) atoms. The maximum Gasteiger partial charge on any atom is 0.262 e. The summed E-state index contributed by atoms with van der Waals surface area (Å²) in [5.41, 5.74) is 5.66. The maximum atomic E-state index is 11.5. The van der Waals surface area contributed by atoms with Gasteiger partial charge in [0, 0.05) is 11.6 Å². The topological polar surface area (TPSA) is 89.3 Å². The molecule has 1 aromatic carbocycles. The van der Waals surface area contributed by atoms with Gasteiger partial charge in [-0.05, 0) is 6.07 Å². The molecule has 0 fully saturated rings. The molecule has 0 unspecified atom stereocenters. The molecule has 2 rings (SSSR count). The number of carbonyl (C=O) groups excluding carboxylic acids is 1. The zero-order chi connectivity index (χ0) is 11.1. The Hall–Kier alpha value is -1.82. The fraction of sp³-hybridized carbons (Fsp3) is 0. The van der Waals surface area contributed by atoms with E-state index in [4.69, 9.17) is 5.73 Å². The lowest BCUT2D eigenvalue weighted by atomic mass is 10.1. The fourth-order valence-electron chi connectivity index (χ4n) is 1.43. The van der Waals surface area contributed by atoms with Crippen LogP contribution < -0.4 is 10.5 Å². The number of benzene rings is 1. The van der Waals surface area contributed by atoms with Crippen LogP contribution >= 0.6 is 0 Å². The first-order valence-electron chi connectivity index (χ1n) is 4.14. The molecule has 1 aromatic rings. The molecule has 1 aliphatic heterocycles. The summed E-state index contributed by atoms with van der Waals surface area (Å²) in [6.45, 7) is 0. The van der Waals surface area contributed by atoms with Gasteiger partial charge in [0.1, 0.15) is 0 Å². The molecule has 1 amide bonds. The van der Waals surface area contributed by atoms with Crippen molar-refractivity contribution in [1.82, 2.24) is 4.72 Å². The number of nitrogens with one attached hydrogen (secondary N) is 1. The Labute approximate surface area is 86.6 Å². The van der Waals surface area contributed by atoms with E-state index < -0.39 is 15.9 Å². The second kappa shape index (κ2) is 3.09. The summed E-state index contributed by atoms with van der Waals surface area (Å²) in [5.74, 6) is -0.690. The number of sulfonamides is 1. The first-order chi connectivity index (χ1) is 7.00. The molecule has 1 heterocycles. The highest BCUT2D eigenvalue weighted by Crippen LogP contribution is 2.29. The third kappa shape index (κ3) is 1.59. The smallest absolute Gasteiger partial charge is 0.262 e. The zero-order valence-electron chi connectivity index (χ0n) is 7.60. The minimum atomic E-state index is -3.53. The Kier molecular flexibility index (Phi) is 2.01. The zero-order valence-corrected chi connectivity index (χ0v) is 8.41. The molecule has 0 bridgehead atoms. The predicted molar refractivity (Wildman–Crippen MR) is 53.9 cm³/mol. The van der Waals surface area contributed by atoms with E-state index in [0.717, 1.165) is 6.08 Å². The Balaban J connectivity index is 2.67. The molecule has 1 aliphatic rings. The van der Waals surface area contributed by atoms with Crippen molar-refractivity contribution in [2.24, 2.45) is 5.73 Å². The number of rotatable bonds is 1. The molecule has 0 aliphatic carbocycles. The highest BCUT2D eigenvalue weighted by Gasteiger charge is 2.28. The summed E-state index contributed by atoms with van der Waals surface area (Å²) >= 11 is 0. The van der Waals surface area contributed by atoms with Crippen LogP contribution in [0, 0.1) is 0 Å². The van der Waals surface area contributed by atoms with Crippen LogP contribution in [0.3, 0.4) is 0 Å². The summed E-state index contributed by atoms with van der Waals surface area (Å²) in [6, 6.07) is 6.39. The SMILES string of the molecule is NC(=O)C=C1NS(=O)(=O)c2ccccc21. The lowest BCUT2D eigenvalue weighted by molar-refractivity contribution is -0.113. The number of amides is 1. The number of hydrogen-bond acceptors (Lipinski definition) is 3. The third-order valence-electron chi connectivity index (χ3n) is 2.00. The van der Waals surface area contributed by atoms with Crippen molar-refractivity contribution in [3.8, 4) is 0 Å². The van der Waals surface area contributed by atoms with E-state index >= 15 is 0 Å². The molecule has 78 valence electrons. The van der Waals surface area contributed by atoms with Crippen LogP contribution in [0.15, 0.2) is 35.2 Å². The van der Waals surface area contributed by atoms with Crippen LogP contribution in [0.1, 0.15) is 5.56 Å². The van der Waals surface area contributed by atoms with Crippen LogP contribution in [-0.2, 0) is 14.8 Å². The number of hydrogen-bond donors (Lipinski definition) is 2. The fourth-order valence-corrected chi connectivity index (χ4v) is 2.72. The van der Waals surface area contributed by atoms with Gasteiger partial charge in [-0.3, -0.25) is 9.52 Å². The molecule has 6 heteroatoms. The van der Waals surface area contributed by atoms with E-state index in [2.05, 4.69) is 4.72 Å². The molecular formula is C9H8N2O3S. The average molecular weight is 224 g/mol. The van der Waals surface area contributed by atoms with Gasteiger partial charge in [-0.15, -0.1) is 0 Å². The summed E-state index contributed by atoms with van der Waals surface area (Å²) in [5, 5.41) is 0. The van der Waals surface area contributed by atoms with Crippen molar-refractivity contribution in [1.29, 1.82) is 0 Å². The summed E-state index contributed by atoms with van der Waals surface area (Å²) in [6.07, 6.45) is 1.06. The number of carbonyl (C=O) groups is 1. The van der Waals surface area contributed by atoms with E-state index in [1.807, 2.05) is 0 Å². The van der Waals surface area contributed by atoms with Crippen molar-refractivity contribution in [2.75, 3.05) is 0 Å². The van der Waals surface area contributed by atoms with Gasteiger partial charge in [-0.1, -0.05) is 18.2 Å². The maximum absolute atomic E-state index is 11.5.